The molecule has 1 aliphatic heterocycles. The summed E-state index contributed by atoms with van der Waals surface area (Å²) in [7, 11) is -3.54. The van der Waals surface area contributed by atoms with Crippen LogP contribution in [0.15, 0.2) is 59.5 Å². The minimum absolute atomic E-state index is 0.00226. The number of sulfonamides is 1. The van der Waals surface area contributed by atoms with Gasteiger partial charge in [-0.15, -0.1) is 11.3 Å². The average Bonchev–Trinajstić information content (AvgIpc) is 3.17. The van der Waals surface area contributed by atoms with Crippen LogP contribution < -0.4 is 5.32 Å². The van der Waals surface area contributed by atoms with Gasteiger partial charge in [0.1, 0.15) is 5.69 Å². The van der Waals surface area contributed by atoms with E-state index in [1.54, 1.807) is 28.6 Å². The Morgan fingerprint density at radius 3 is 2.48 bits per heavy atom. The van der Waals surface area contributed by atoms with E-state index in [1.807, 2.05) is 44.2 Å². The van der Waals surface area contributed by atoms with Gasteiger partial charge in [0.2, 0.25) is 10.0 Å². The molecule has 0 saturated carbocycles. The maximum atomic E-state index is 13.0. The van der Waals surface area contributed by atoms with E-state index in [9.17, 15) is 13.2 Å². The number of hydrogen-bond donors (Lipinski definition) is 1. The van der Waals surface area contributed by atoms with E-state index >= 15 is 0 Å². The second-order valence-corrected chi connectivity index (χ2v) is 10.8. The lowest BCUT2D eigenvalue weighted by atomic mass is 10.1. The van der Waals surface area contributed by atoms with Gasteiger partial charge in [-0.2, -0.15) is 4.31 Å². The molecular formula is C23H25N3O3S2. The maximum Gasteiger partial charge on any atom is 0.275 e. The number of hydrogen-bond acceptors (Lipinski definition) is 5. The highest BCUT2D eigenvalue weighted by atomic mass is 32.2. The Bertz CT molecular complexity index is 1170. The van der Waals surface area contributed by atoms with Gasteiger partial charge in [0.05, 0.1) is 14.8 Å². The standard InChI is InChI=1S/C23H25N3O3S2/c1-16-8-6-7-15-26(16)31(28,29)20-13-11-19(12-14-20)25-23(27)21-22(30-17(2)24-21)18-9-4-3-5-10-18/h3-5,9-14,16H,6-8,15H2,1-2H3,(H,25,27). The summed E-state index contributed by atoms with van der Waals surface area (Å²) in [5, 5.41) is 3.65. The molecule has 2 heterocycles. The van der Waals surface area contributed by atoms with Gasteiger partial charge in [0.25, 0.3) is 5.91 Å². The molecule has 0 radical (unpaired) electrons. The monoisotopic (exact) mass is 455 g/mol. The third kappa shape index (κ3) is 4.56. The summed E-state index contributed by atoms with van der Waals surface area (Å²) in [6.45, 7) is 4.37. The molecule has 0 aliphatic carbocycles. The Hall–Kier alpha value is -2.55. The van der Waals surface area contributed by atoms with Crippen LogP contribution in [0.25, 0.3) is 10.4 Å². The summed E-state index contributed by atoms with van der Waals surface area (Å²) in [5.74, 6) is -0.316. The van der Waals surface area contributed by atoms with Crippen molar-refractivity contribution in [2.45, 2.75) is 44.0 Å². The fourth-order valence-corrected chi connectivity index (χ4v) is 6.45. The maximum absolute atomic E-state index is 13.0. The first-order valence-electron chi connectivity index (χ1n) is 10.3. The molecule has 8 heteroatoms. The van der Waals surface area contributed by atoms with Crippen LogP contribution in [0, 0.1) is 6.92 Å². The Balaban J connectivity index is 1.53. The second kappa shape index (κ2) is 8.90. The lowest BCUT2D eigenvalue weighted by Crippen LogP contribution is -2.41. The number of piperidine rings is 1. The minimum atomic E-state index is -3.54. The number of carbonyl (C=O) groups is 1. The number of nitrogens with zero attached hydrogens (tertiary/aromatic N) is 2. The number of benzene rings is 2. The van der Waals surface area contributed by atoms with E-state index in [2.05, 4.69) is 10.3 Å². The highest BCUT2D eigenvalue weighted by Gasteiger charge is 2.30. The smallest absolute Gasteiger partial charge is 0.275 e. The fourth-order valence-electron chi connectivity index (χ4n) is 3.83. The number of amides is 1. The Kier molecular flexibility index (Phi) is 6.22. The van der Waals surface area contributed by atoms with E-state index in [1.165, 1.54) is 11.3 Å². The summed E-state index contributed by atoms with van der Waals surface area (Å²) in [6, 6.07) is 16.0. The fraction of sp³-hybridized carbons (Fsp3) is 0.304. The normalized spacial score (nSPS) is 17.4. The molecule has 1 aliphatic rings. The molecule has 1 N–H and O–H groups in total. The quantitative estimate of drug-likeness (QED) is 0.591. The van der Waals surface area contributed by atoms with E-state index in [0.717, 1.165) is 34.7 Å². The number of aromatic nitrogens is 1. The van der Waals surface area contributed by atoms with E-state index in [4.69, 9.17) is 0 Å². The van der Waals surface area contributed by atoms with Crippen LogP contribution in [-0.4, -0.2) is 36.2 Å². The first kappa shape index (κ1) is 21.7. The first-order chi connectivity index (χ1) is 14.9. The van der Waals surface area contributed by atoms with Crippen LogP contribution in [-0.2, 0) is 10.0 Å². The largest absolute Gasteiger partial charge is 0.321 e. The van der Waals surface area contributed by atoms with Crippen molar-refractivity contribution in [1.29, 1.82) is 0 Å². The number of thiazole rings is 1. The molecule has 1 aromatic heterocycles. The van der Waals surface area contributed by atoms with E-state index in [0.29, 0.717) is 17.9 Å². The summed E-state index contributed by atoms with van der Waals surface area (Å²) in [6.07, 6.45) is 2.82. The summed E-state index contributed by atoms with van der Waals surface area (Å²) in [5.41, 5.74) is 1.84. The highest BCUT2D eigenvalue weighted by Crippen LogP contribution is 2.31. The van der Waals surface area contributed by atoms with Gasteiger partial charge in [-0.1, -0.05) is 36.8 Å². The summed E-state index contributed by atoms with van der Waals surface area (Å²) in [4.78, 5) is 18.4. The number of aryl methyl sites for hydroxylation is 1. The van der Waals surface area contributed by atoms with Crippen LogP contribution in [0.1, 0.15) is 41.7 Å². The zero-order valence-electron chi connectivity index (χ0n) is 17.5. The number of nitrogens with one attached hydrogen (secondary N) is 1. The zero-order chi connectivity index (χ0) is 22.0. The number of rotatable bonds is 5. The molecular weight excluding hydrogens is 430 g/mol. The van der Waals surface area contributed by atoms with Crippen LogP contribution in [0.4, 0.5) is 5.69 Å². The van der Waals surface area contributed by atoms with Crippen molar-refractivity contribution >= 4 is 33.0 Å². The molecule has 1 amide bonds. The van der Waals surface area contributed by atoms with Crippen LogP contribution in [0.2, 0.25) is 0 Å². The van der Waals surface area contributed by atoms with Crippen LogP contribution >= 0.6 is 11.3 Å². The lowest BCUT2D eigenvalue weighted by molar-refractivity contribution is 0.102. The number of anilines is 1. The van der Waals surface area contributed by atoms with Crippen molar-refractivity contribution in [2.75, 3.05) is 11.9 Å². The minimum Gasteiger partial charge on any atom is -0.321 e. The van der Waals surface area contributed by atoms with Crippen molar-refractivity contribution in [2.24, 2.45) is 0 Å². The van der Waals surface area contributed by atoms with Crippen molar-refractivity contribution < 1.29 is 13.2 Å². The predicted molar refractivity (Wildman–Crippen MR) is 124 cm³/mol. The molecule has 2 aromatic carbocycles. The molecule has 31 heavy (non-hydrogen) atoms. The Morgan fingerprint density at radius 1 is 1.10 bits per heavy atom. The second-order valence-electron chi connectivity index (χ2n) is 7.72. The van der Waals surface area contributed by atoms with Crippen LogP contribution in [0.5, 0.6) is 0 Å². The van der Waals surface area contributed by atoms with Gasteiger partial charge >= 0.3 is 0 Å². The highest BCUT2D eigenvalue weighted by molar-refractivity contribution is 7.89. The molecule has 1 atom stereocenters. The van der Waals surface area contributed by atoms with Gasteiger partial charge < -0.3 is 5.32 Å². The van der Waals surface area contributed by atoms with E-state index < -0.39 is 10.0 Å². The van der Waals surface area contributed by atoms with Gasteiger partial charge in [0, 0.05) is 18.3 Å². The van der Waals surface area contributed by atoms with Crippen molar-refractivity contribution in [3.05, 3.63) is 65.3 Å². The third-order valence-corrected chi connectivity index (χ3v) is 8.49. The molecule has 3 aromatic rings. The number of carbonyl (C=O) groups excluding carboxylic acids is 1. The molecule has 1 saturated heterocycles. The average molecular weight is 456 g/mol. The zero-order valence-corrected chi connectivity index (χ0v) is 19.2. The molecule has 4 rings (SSSR count). The van der Waals surface area contributed by atoms with Gasteiger partial charge in [-0.3, -0.25) is 4.79 Å². The predicted octanol–water partition coefficient (Wildman–Crippen LogP) is 4.93. The van der Waals surface area contributed by atoms with Crippen molar-refractivity contribution in [3.8, 4) is 10.4 Å². The SMILES string of the molecule is Cc1nc(C(=O)Nc2ccc(S(=O)(=O)N3CCCCC3C)cc2)c(-c2ccccc2)s1. The lowest BCUT2D eigenvalue weighted by Gasteiger charge is -2.32. The van der Waals surface area contributed by atoms with Gasteiger partial charge in [-0.25, -0.2) is 13.4 Å². The van der Waals surface area contributed by atoms with Crippen molar-refractivity contribution in [1.82, 2.24) is 9.29 Å². The topological polar surface area (TPSA) is 79.4 Å². The summed E-state index contributed by atoms with van der Waals surface area (Å²) < 4.78 is 27.6. The summed E-state index contributed by atoms with van der Waals surface area (Å²) >= 11 is 1.47. The molecule has 0 bridgehead atoms. The Morgan fingerprint density at radius 2 is 1.81 bits per heavy atom. The van der Waals surface area contributed by atoms with Crippen molar-refractivity contribution in [3.63, 3.8) is 0 Å². The third-order valence-electron chi connectivity index (χ3n) is 5.45. The Labute approximate surface area is 187 Å². The molecule has 162 valence electrons. The van der Waals surface area contributed by atoms with Gasteiger partial charge in [0.15, 0.2) is 0 Å². The van der Waals surface area contributed by atoms with E-state index in [-0.39, 0.29) is 16.8 Å². The van der Waals surface area contributed by atoms with Crippen LogP contribution in [0.3, 0.4) is 0 Å². The molecule has 1 fully saturated rings. The molecule has 0 spiro atoms. The van der Waals surface area contributed by atoms with Gasteiger partial charge in [-0.05, 0) is 56.5 Å². The molecule has 1 unspecified atom stereocenters. The first-order valence-corrected chi connectivity index (χ1v) is 12.6. The molecule has 6 nitrogen and oxygen atoms in total.